The second-order valence-corrected chi connectivity index (χ2v) is 6.73. The van der Waals surface area contributed by atoms with E-state index in [2.05, 4.69) is 66.3 Å². The summed E-state index contributed by atoms with van der Waals surface area (Å²) in [5.41, 5.74) is 1.72. The molecule has 0 spiro atoms. The highest BCUT2D eigenvalue weighted by Crippen LogP contribution is 2.42. The molecule has 16 heavy (non-hydrogen) atoms. The summed E-state index contributed by atoms with van der Waals surface area (Å²) in [6, 6.07) is 9.05. The van der Waals surface area contributed by atoms with Crippen molar-refractivity contribution in [3.05, 3.63) is 28.7 Å². The quantitative estimate of drug-likeness (QED) is 0.830. The summed E-state index contributed by atoms with van der Waals surface area (Å²) in [6.45, 7) is 7.09. The van der Waals surface area contributed by atoms with E-state index in [4.69, 9.17) is 0 Å². The Bertz CT molecular complexity index is 373. The maximum atomic E-state index is 3.66. The van der Waals surface area contributed by atoms with Crippen LogP contribution in [0.5, 0.6) is 0 Å². The molecule has 2 atom stereocenters. The summed E-state index contributed by atoms with van der Waals surface area (Å²) in [6.07, 6.45) is 2.58. The number of halogens is 1. The molecule has 0 bridgehead atoms. The van der Waals surface area contributed by atoms with Crippen molar-refractivity contribution in [1.82, 2.24) is 0 Å². The standard InChI is InChI=1S/C14H20BrN/c1-10-8-14(2,3)9-13(10)16-12-6-4-5-11(15)7-12/h4-7,10,13,16H,8-9H2,1-3H3. The molecule has 0 heterocycles. The van der Waals surface area contributed by atoms with Gasteiger partial charge in [0, 0.05) is 16.2 Å². The predicted octanol–water partition coefficient (Wildman–Crippen LogP) is 4.69. The molecule has 0 radical (unpaired) electrons. The third-order valence-electron chi connectivity index (χ3n) is 3.51. The third-order valence-corrected chi connectivity index (χ3v) is 4.00. The minimum atomic E-state index is 0.489. The highest BCUT2D eigenvalue weighted by Gasteiger charge is 2.36. The molecule has 1 nitrogen and oxygen atoms in total. The number of anilines is 1. The second kappa shape index (κ2) is 4.40. The lowest BCUT2D eigenvalue weighted by Gasteiger charge is -2.19. The van der Waals surface area contributed by atoms with Crippen LogP contribution in [0.1, 0.15) is 33.6 Å². The van der Waals surface area contributed by atoms with Gasteiger partial charge < -0.3 is 5.32 Å². The van der Waals surface area contributed by atoms with Crippen molar-refractivity contribution in [3.8, 4) is 0 Å². The van der Waals surface area contributed by atoms with Gasteiger partial charge in [-0.2, -0.15) is 0 Å². The van der Waals surface area contributed by atoms with Gasteiger partial charge in [0.05, 0.1) is 0 Å². The van der Waals surface area contributed by atoms with Crippen LogP contribution in [0, 0.1) is 11.3 Å². The normalized spacial score (nSPS) is 28.0. The highest BCUT2D eigenvalue weighted by molar-refractivity contribution is 9.10. The van der Waals surface area contributed by atoms with Gasteiger partial charge in [-0.05, 0) is 42.4 Å². The van der Waals surface area contributed by atoms with Gasteiger partial charge in [0.2, 0.25) is 0 Å². The van der Waals surface area contributed by atoms with Gasteiger partial charge >= 0.3 is 0 Å². The fourth-order valence-electron chi connectivity index (χ4n) is 2.88. The van der Waals surface area contributed by atoms with Crippen molar-refractivity contribution in [3.63, 3.8) is 0 Å². The van der Waals surface area contributed by atoms with E-state index in [1.165, 1.54) is 18.5 Å². The lowest BCUT2D eigenvalue weighted by atomic mass is 9.91. The maximum absolute atomic E-state index is 3.66. The van der Waals surface area contributed by atoms with Crippen LogP contribution in [-0.4, -0.2) is 6.04 Å². The lowest BCUT2D eigenvalue weighted by molar-refractivity contribution is 0.366. The molecule has 2 rings (SSSR count). The van der Waals surface area contributed by atoms with Crippen LogP contribution >= 0.6 is 15.9 Å². The number of benzene rings is 1. The molecular weight excluding hydrogens is 262 g/mol. The third kappa shape index (κ3) is 2.79. The molecule has 0 aromatic heterocycles. The van der Waals surface area contributed by atoms with Gasteiger partial charge in [-0.3, -0.25) is 0 Å². The first-order valence-corrected chi connectivity index (χ1v) is 6.78. The van der Waals surface area contributed by atoms with Crippen LogP contribution in [0.4, 0.5) is 5.69 Å². The van der Waals surface area contributed by atoms with Crippen LogP contribution in [0.2, 0.25) is 0 Å². The molecule has 0 aliphatic heterocycles. The van der Waals surface area contributed by atoms with Gasteiger partial charge in [-0.25, -0.2) is 0 Å². The summed E-state index contributed by atoms with van der Waals surface area (Å²) in [5, 5.41) is 3.66. The van der Waals surface area contributed by atoms with E-state index >= 15 is 0 Å². The SMILES string of the molecule is CC1CC(C)(C)CC1Nc1cccc(Br)c1. The van der Waals surface area contributed by atoms with Gasteiger partial charge in [-0.1, -0.05) is 42.8 Å². The number of hydrogen-bond acceptors (Lipinski definition) is 1. The molecular formula is C14H20BrN. The first kappa shape index (κ1) is 12.0. The summed E-state index contributed by atoms with van der Waals surface area (Å²) in [7, 11) is 0. The van der Waals surface area contributed by atoms with Crippen molar-refractivity contribution in [2.45, 2.75) is 39.7 Å². The highest BCUT2D eigenvalue weighted by atomic mass is 79.9. The van der Waals surface area contributed by atoms with Gasteiger partial charge in [0.15, 0.2) is 0 Å². The zero-order valence-corrected chi connectivity index (χ0v) is 11.8. The molecule has 1 aliphatic rings. The monoisotopic (exact) mass is 281 g/mol. The Labute approximate surface area is 107 Å². The van der Waals surface area contributed by atoms with E-state index in [9.17, 15) is 0 Å². The van der Waals surface area contributed by atoms with Crippen molar-refractivity contribution < 1.29 is 0 Å². The van der Waals surface area contributed by atoms with Crippen molar-refractivity contribution in [2.24, 2.45) is 11.3 Å². The molecule has 1 aromatic carbocycles. The molecule has 2 heteroatoms. The van der Waals surface area contributed by atoms with Crippen molar-refractivity contribution in [1.29, 1.82) is 0 Å². The second-order valence-electron chi connectivity index (χ2n) is 5.81. The van der Waals surface area contributed by atoms with Gasteiger partial charge in [-0.15, -0.1) is 0 Å². The molecule has 1 saturated carbocycles. The van der Waals surface area contributed by atoms with E-state index in [0.717, 1.165) is 10.4 Å². The zero-order valence-electron chi connectivity index (χ0n) is 10.3. The topological polar surface area (TPSA) is 12.0 Å². The minimum absolute atomic E-state index is 0.489. The van der Waals surface area contributed by atoms with Gasteiger partial charge in [0.25, 0.3) is 0 Å². The summed E-state index contributed by atoms with van der Waals surface area (Å²) >= 11 is 3.51. The zero-order chi connectivity index (χ0) is 11.8. The van der Waals surface area contributed by atoms with Crippen LogP contribution < -0.4 is 5.32 Å². The van der Waals surface area contributed by atoms with E-state index < -0.39 is 0 Å². The van der Waals surface area contributed by atoms with Crippen molar-refractivity contribution in [2.75, 3.05) is 5.32 Å². The molecule has 0 saturated heterocycles. The smallest absolute Gasteiger partial charge is 0.0353 e. The van der Waals surface area contributed by atoms with Crippen LogP contribution in [-0.2, 0) is 0 Å². The fraction of sp³-hybridized carbons (Fsp3) is 0.571. The number of hydrogen-bond donors (Lipinski definition) is 1. The van der Waals surface area contributed by atoms with E-state index in [-0.39, 0.29) is 0 Å². The maximum Gasteiger partial charge on any atom is 0.0353 e. The Morgan fingerprint density at radius 1 is 1.31 bits per heavy atom. The molecule has 88 valence electrons. The Balaban J connectivity index is 2.06. The molecule has 1 aromatic rings. The average Bonchev–Trinajstić information content (AvgIpc) is 2.39. The molecule has 0 amide bonds. The minimum Gasteiger partial charge on any atom is -0.382 e. The Morgan fingerprint density at radius 3 is 2.62 bits per heavy atom. The lowest BCUT2D eigenvalue weighted by Crippen LogP contribution is -2.22. The summed E-state index contributed by atoms with van der Waals surface area (Å²) < 4.78 is 1.14. The Kier molecular flexibility index (Phi) is 3.29. The average molecular weight is 282 g/mol. The molecule has 1 aliphatic carbocycles. The molecule has 2 unspecified atom stereocenters. The molecule has 1 fully saturated rings. The number of rotatable bonds is 2. The summed E-state index contributed by atoms with van der Waals surface area (Å²) in [4.78, 5) is 0. The van der Waals surface area contributed by atoms with Crippen LogP contribution in [0.15, 0.2) is 28.7 Å². The van der Waals surface area contributed by atoms with Crippen molar-refractivity contribution >= 4 is 21.6 Å². The van der Waals surface area contributed by atoms with Gasteiger partial charge in [0.1, 0.15) is 0 Å². The Morgan fingerprint density at radius 2 is 2.06 bits per heavy atom. The first-order chi connectivity index (χ1) is 7.46. The Hall–Kier alpha value is -0.500. The van der Waals surface area contributed by atoms with Crippen LogP contribution in [0.3, 0.4) is 0 Å². The largest absolute Gasteiger partial charge is 0.382 e. The van der Waals surface area contributed by atoms with Crippen LogP contribution in [0.25, 0.3) is 0 Å². The van der Waals surface area contributed by atoms with E-state index in [0.29, 0.717) is 11.5 Å². The molecule has 1 N–H and O–H groups in total. The van der Waals surface area contributed by atoms with E-state index in [1.54, 1.807) is 0 Å². The predicted molar refractivity (Wildman–Crippen MR) is 73.7 cm³/mol. The number of nitrogens with one attached hydrogen (secondary N) is 1. The fourth-order valence-corrected chi connectivity index (χ4v) is 3.28. The first-order valence-electron chi connectivity index (χ1n) is 5.98. The summed E-state index contributed by atoms with van der Waals surface area (Å²) in [5.74, 6) is 0.758. The van der Waals surface area contributed by atoms with E-state index in [1.807, 2.05) is 0 Å².